The Kier molecular flexibility index (Phi) is 3.61. The Morgan fingerprint density at radius 1 is 1.11 bits per heavy atom. The van der Waals surface area contributed by atoms with E-state index in [4.69, 9.17) is 20.9 Å². The van der Waals surface area contributed by atoms with E-state index in [0.29, 0.717) is 5.02 Å². The number of aryl methyl sites for hydroxylation is 1. The SMILES string of the molecule is Cc1ccc(Cl)c(B2OC(C)(C)C(C)(C)O2)c1Br. The summed E-state index contributed by atoms with van der Waals surface area (Å²) in [6.45, 7) is 10.2. The molecule has 98 valence electrons. The molecule has 0 aliphatic carbocycles. The van der Waals surface area contributed by atoms with Gasteiger partial charge in [-0.25, -0.2) is 0 Å². The minimum Gasteiger partial charge on any atom is -0.399 e. The van der Waals surface area contributed by atoms with Crippen molar-refractivity contribution in [3.63, 3.8) is 0 Å². The average molecular weight is 331 g/mol. The van der Waals surface area contributed by atoms with Gasteiger partial charge in [0.2, 0.25) is 0 Å². The van der Waals surface area contributed by atoms with Crippen molar-refractivity contribution in [2.24, 2.45) is 0 Å². The Bertz CT molecular complexity index is 472. The number of rotatable bonds is 1. The molecule has 1 aromatic rings. The van der Waals surface area contributed by atoms with Gasteiger partial charge in [-0.05, 0) is 46.2 Å². The van der Waals surface area contributed by atoms with Gasteiger partial charge < -0.3 is 9.31 Å². The molecule has 0 bridgehead atoms. The van der Waals surface area contributed by atoms with Crippen molar-refractivity contribution in [2.75, 3.05) is 0 Å². The molecule has 2 nitrogen and oxygen atoms in total. The summed E-state index contributed by atoms with van der Waals surface area (Å²) in [6, 6.07) is 3.85. The molecule has 1 aromatic carbocycles. The number of hydrogen-bond donors (Lipinski definition) is 0. The van der Waals surface area contributed by atoms with E-state index in [1.807, 2.05) is 46.8 Å². The van der Waals surface area contributed by atoms with Crippen LogP contribution in [0.15, 0.2) is 16.6 Å². The van der Waals surface area contributed by atoms with Crippen LogP contribution in [-0.4, -0.2) is 18.3 Å². The summed E-state index contributed by atoms with van der Waals surface area (Å²) >= 11 is 9.85. The Hall–Kier alpha value is -0.0251. The van der Waals surface area contributed by atoms with Gasteiger partial charge in [0.05, 0.1) is 11.2 Å². The quantitative estimate of drug-likeness (QED) is 0.731. The van der Waals surface area contributed by atoms with Gasteiger partial charge in [0.1, 0.15) is 0 Å². The fourth-order valence-electron chi connectivity index (χ4n) is 1.86. The molecule has 1 fully saturated rings. The molecule has 1 aliphatic rings. The first-order valence-corrected chi connectivity index (χ1v) is 7.13. The first-order chi connectivity index (χ1) is 8.16. The van der Waals surface area contributed by atoms with Gasteiger partial charge in [0.25, 0.3) is 0 Å². The fraction of sp³-hybridized carbons (Fsp3) is 0.538. The van der Waals surface area contributed by atoms with Gasteiger partial charge in [-0.1, -0.05) is 33.6 Å². The maximum Gasteiger partial charge on any atom is 0.497 e. The van der Waals surface area contributed by atoms with Crippen LogP contribution in [0.5, 0.6) is 0 Å². The summed E-state index contributed by atoms with van der Waals surface area (Å²) in [7, 11) is -0.434. The standard InChI is InChI=1S/C13H17BBrClO2/c1-8-6-7-9(16)10(11(8)15)14-17-12(2,3)13(4,5)18-14/h6-7H,1-5H3. The van der Waals surface area contributed by atoms with Crippen LogP contribution in [0, 0.1) is 6.92 Å². The van der Waals surface area contributed by atoms with Crippen molar-refractivity contribution in [3.8, 4) is 0 Å². The minimum atomic E-state index is -0.434. The smallest absolute Gasteiger partial charge is 0.399 e. The van der Waals surface area contributed by atoms with Gasteiger partial charge in [0.15, 0.2) is 0 Å². The Morgan fingerprint density at radius 2 is 1.61 bits per heavy atom. The predicted octanol–water partition coefficient (Wildman–Crippen LogP) is 3.71. The number of halogens is 2. The van der Waals surface area contributed by atoms with Crippen LogP contribution < -0.4 is 5.46 Å². The van der Waals surface area contributed by atoms with Crippen molar-refractivity contribution in [3.05, 3.63) is 27.2 Å². The summed E-state index contributed by atoms with van der Waals surface area (Å²) < 4.78 is 13.0. The minimum absolute atomic E-state index is 0.357. The lowest BCUT2D eigenvalue weighted by molar-refractivity contribution is 0.00578. The zero-order valence-electron chi connectivity index (χ0n) is 11.3. The molecular weight excluding hydrogens is 314 g/mol. The highest BCUT2D eigenvalue weighted by atomic mass is 79.9. The highest BCUT2D eigenvalue weighted by molar-refractivity contribution is 9.10. The Labute approximate surface area is 122 Å². The molecule has 0 aromatic heterocycles. The molecule has 0 N–H and O–H groups in total. The van der Waals surface area contributed by atoms with E-state index in [1.54, 1.807) is 0 Å². The fourth-order valence-corrected chi connectivity index (χ4v) is 2.75. The second kappa shape index (κ2) is 4.52. The second-order valence-electron chi connectivity index (χ2n) is 5.68. The molecule has 0 spiro atoms. The van der Waals surface area contributed by atoms with Gasteiger partial charge >= 0.3 is 7.12 Å². The first kappa shape index (κ1) is 14.4. The lowest BCUT2D eigenvalue weighted by Gasteiger charge is -2.32. The van der Waals surface area contributed by atoms with Crippen molar-refractivity contribution in [1.29, 1.82) is 0 Å². The molecule has 18 heavy (non-hydrogen) atoms. The van der Waals surface area contributed by atoms with Crippen LogP contribution in [0.2, 0.25) is 5.02 Å². The van der Waals surface area contributed by atoms with Crippen LogP contribution in [-0.2, 0) is 9.31 Å². The summed E-state index contributed by atoms with van der Waals surface area (Å²) in [6.07, 6.45) is 0. The molecule has 1 heterocycles. The number of hydrogen-bond acceptors (Lipinski definition) is 2. The van der Waals surface area contributed by atoms with E-state index in [9.17, 15) is 0 Å². The van der Waals surface area contributed by atoms with E-state index in [0.717, 1.165) is 15.5 Å². The summed E-state index contributed by atoms with van der Waals surface area (Å²) in [4.78, 5) is 0. The normalized spacial score (nSPS) is 21.4. The monoisotopic (exact) mass is 330 g/mol. The molecule has 0 amide bonds. The van der Waals surface area contributed by atoms with E-state index < -0.39 is 7.12 Å². The topological polar surface area (TPSA) is 18.5 Å². The molecule has 0 saturated carbocycles. The summed E-state index contributed by atoms with van der Waals surface area (Å²) in [5, 5.41) is 0.658. The third-order valence-electron chi connectivity index (χ3n) is 3.81. The van der Waals surface area contributed by atoms with E-state index in [1.165, 1.54) is 0 Å². The largest absolute Gasteiger partial charge is 0.497 e. The van der Waals surface area contributed by atoms with Gasteiger partial charge in [-0.3, -0.25) is 0 Å². The van der Waals surface area contributed by atoms with Crippen molar-refractivity contribution >= 4 is 40.1 Å². The molecule has 5 heteroatoms. The zero-order chi connectivity index (χ0) is 13.7. The van der Waals surface area contributed by atoms with Crippen LogP contribution in [0.4, 0.5) is 0 Å². The molecular formula is C13H17BBrClO2. The highest BCUT2D eigenvalue weighted by Gasteiger charge is 2.52. The molecule has 0 unspecified atom stereocenters. The molecule has 1 aliphatic heterocycles. The van der Waals surface area contributed by atoms with Gasteiger partial charge in [0, 0.05) is 15.0 Å². The first-order valence-electron chi connectivity index (χ1n) is 5.96. The number of benzene rings is 1. The molecule has 0 radical (unpaired) electrons. The van der Waals surface area contributed by atoms with Gasteiger partial charge in [-0.15, -0.1) is 0 Å². The van der Waals surface area contributed by atoms with Crippen molar-refractivity contribution in [1.82, 2.24) is 0 Å². The lowest BCUT2D eigenvalue weighted by atomic mass is 9.78. The van der Waals surface area contributed by atoms with E-state index >= 15 is 0 Å². The zero-order valence-corrected chi connectivity index (χ0v) is 13.6. The van der Waals surface area contributed by atoms with Crippen molar-refractivity contribution in [2.45, 2.75) is 45.8 Å². The highest BCUT2D eigenvalue weighted by Crippen LogP contribution is 2.37. The third-order valence-corrected chi connectivity index (χ3v) is 5.19. The maximum absolute atomic E-state index is 6.28. The van der Waals surface area contributed by atoms with Gasteiger partial charge in [-0.2, -0.15) is 0 Å². The van der Waals surface area contributed by atoms with E-state index in [-0.39, 0.29) is 11.2 Å². The summed E-state index contributed by atoms with van der Waals surface area (Å²) in [5.41, 5.74) is 1.27. The van der Waals surface area contributed by atoms with Crippen LogP contribution >= 0.6 is 27.5 Å². The molecule has 2 rings (SSSR count). The Balaban J connectivity index is 2.44. The van der Waals surface area contributed by atoms with Crippen LogP contribution in [0.3, 0.4) is 0 Å². The predicted molar refractivity (Wildman–Crippen MR) is 79.6 cm³/mol. The average Bonchev–Trinajstić information content (AvgIpc) is 2.43. The molecule has 0 atom stereocenters. The van der Waals surface area contributed by atoms with Crippen molar-refractivity contribution < 1.29 is 9.31 Å². The lowest BCUT2D eigenvalue weighted by Crippen LogP contribution is -2.41. The third kappa shape index (κ3) is 2.24. The maximum atomic E-state index is 6.28. The summed E-state index contributed by atoms with van der Waals surface area (Å²) in [5.74, 6) is 0. The van der Waals surface area contributed by atoms with Crippen LogP contribution in [0.1, 0.15) is 33.3 Å². The Morgan fingerprint density at radius 3 is 2.11 bits per heavy atom. The van der Waals surface area contributed by atoms with Crippen LogP contribution in [0.25, 0.3) is 0 Å². The molecule has 1 saturated heterocycles. The van der Waals surface area contributed by atoms with E-state index in [2.05, 4.69) is 15.9 Å². The second-order valence-corrected chi connectivity index (χ2v) is 6.88.